The summed E-state index contributed by atoms with van der Waals surface area (Å²) in [5.41, 5.74) is 0.117. The number of aliphatic hydroxyl groups is 1. The maximum absolute atomic E-state index is 11.4. The van der Waals surface area contributed by atoms with Crippen LogP contribution in [-0.2, 0) is 4.79 Å². The third-order valence-corrected chi connectivity index (χ3v) is 2.86. The van der Waals surface area contributed by atoms with Crippen LogP contribution in [0.4, 0.5) is 0 Å². The highest BCUT2D eigenvalue weighted by Gasteiger charge is 2.20. The summed E-state index contributed by atoms with van der Waals surface area (Å²) in [7, 11) is 0. The Bertz CT molecular complexity index is 381. The van der Waals surface area contributed by atoms with Gasteiger partial charge in [0.15, 0.2) is 9.96 Å². The Morgan fingerprint density at radius 1 is 1.67 bits per heavy atom. The normalized spacial score (nSPS) is 12.1. The van der Waals surface area contributed by atoms with Gasteiger partial charge in [0.1, 0.15) is 5.69 Å². The fraction of sp³-hybridized carbons (Fsp3) is 0.286. The fourth-order valence-electron chi connectivity index (χ4n) is 0.774. The van der Waals surface area contributed by atoms with E-state index in [1.165, 1.54) is 16.7 Å². The second kappa shape index (κ2) is 5.19. The summed E-state index contributed by atoms with van der Waals surface area (Å²) in [5.74, 6) is -1.92. The molecule has 0 aliphatic rings. The van der Waals surface area contributed by atoms with Crippen LogP contribution in [-0.4, -0.2) is 39.7 Å². The summed E-state index contributed by atoms with van der Waals surface area (Å²) < 4.78 is 0.531. The molecule has 0 bridgehead atoms. The molecule has 0 fully saturated rings. The van der Waals surface area contributed by atoms with Crippen molar-refractivity contribution in [3.05, 3.63) is 15.0 Å². The Hall–Kier alpha value is -0.990. The van der Waals surface area contributed by atoms with Crippen LogP contribution < -0.4 is 5.32 Å². The lowest BCUT2D eigenvalue weighted by atomic mass is 10.3. The monoisotopic (exact) mass is 294 g/mol. The lowest BCUT2D eigenvalue weighted by molar-refractivity contribution is -0.140. The molecule has 3 N–H and O–H groups in total. The molecule has 1 atom stereocenters. The van der Waals surface area contributed by atoms with Crippen LogP contribution in [0, 0.1) is 0 Å². The maximum Gasteiger partial charge on any atom is 0.328 e. The van der Waals surface area contributed by atoms with Gasteiger partial charge in [-0.1, -0.05) is 0 Å². The standard InChI is InChI=1S/C7H7BrN2O4S/c8-7-10-4(2-15-7)5(12)9-3(1-11)6(13)14/h2-3,11H,1H2,(H,9,12)(H,13,14)/t3-/m0/s1. The predicted octanol–water partition coefficient (Wildman–Crippen LogP) is 0.0809. The third kappa shape index (κ3) is 3.26. The van der Waals surface area contributed by atoms with Crippen LogP contribution in [0.5, 0.6) is 0 Å². The Kier molecular flexibility index (Phi) is 4.18. The van der Waals surface area contributed by atoms with Gasteiger partial charge in [-0.3, -0.25) is 4.79 Å². The molecule has 0 unspecified atom stereocenters. The number of aromatic nitrogens is 1. The molecule has 6 nitrogen and oxygen atoms in total. The van der Waals surface area contributed by atoms with Gasteiger partial charge in [0.05, 0.1) is 6.61 Å². The van der Waals surface area contributed by atoms with E-state index in [1.54, 1.807) is 0 Å². The van der Waals surface area contributed by atoms with Gasteiger partial charge in [-0.2, -0.15) is 0 Å². The Labute approximate surface area is 97.1 Å². The van der Waals surface area contributed by atoms with Crippen molar-refractivity contribution in [1.82, 2.24) is 10.3 Å². The van der Waals surface area contributed by atoms with E-state index in [2.05, 4.69) is 26.2 Å². The van der Waals surface area contributed by atoms with E-state index >= 15 is 0 Å². The summed E-state index contributed by atoms with van der Waals surface area (Å²) in [6, 6.07) is -1.31. The first-order valence-corrected chi connectivity index (χ1v) is 5.47. The van der Waals surface area contributed by atoms with Gasteiger partial charge in [0.25, 0.3) is 5.91 Å². The molecule has 0 saturated carbocycles. The molecule has 1 heterocycles. The van der Waals surface area contributed by atoms with E-state index in [1.807, 2.05) is 0 Å². The lowest BCUT2D eigenvalue weighted by Gasteiger charge is -2.09. The molecule has 0 aromatic carbocycles. The van der Waals surface area contributed by atoms with E-state index in [0.29, 0.717) is 3.92 Å². The highest BCUT2D eigenvalue weighted by Crippen LogP contribution is 2.15. The number of carbonyl (C=O) groups excluding carboxylic acids is 1. The number of nitrogens with zero attached hydrogens (tertiary/aromatic N) is 1. The van der Waals surface area contributed by atoms with Gasteiger partial charge in [0, 0.05) is 5.38 Å². The minimum atomic E-state index is -1.31. The van der Waals surface area contributed by atoms with E-state index in [9.17, 15) is 9.59 Å². The van der Waals surface area contributed by atoms with Crippen molar-refractivity contribution >= 4 is 39.1 Å². The minimum absolute atomic E-state index is 0.117. The number of aliphatic carboxylic acids is 1. The van der Waals surface area contributed by atoms with Gasteiger partial charge in [-0.25, -0.2) is 9.78 Å². The zero-order valence-electron chi connectivity index (χ0n) is 7.31. The number of amides is 1. The molecule has 15 heavy (non-hydrogen) atoms. The summed E-state index contributed by atoms with van der Waals surface area (Å²) >= 11 is 4.28. The number of carboxylic acid groups (broad SMARTS) is 1. The number of halogens is 1. The van der Waals surface area contributed by atoms with Crippen LogP contribution in [0.25, 0.3) is 0 Å². The minimum Gasteiger partial charge on any atom is -0.480 e. The average molecular weight is 295 g/mol. The van der Waals surface area contributed by atoms with Crippen LogP contribution in [0.15, 0.2) is 9.30 Å². The highest BCUT2D eigenvalue weighted by molar-refractivity contribution is 9.11. The number of hydrogen-bond donors (Lipinski definition) is 3. The molecule has 1 rings (SSSR count). The average Bonchev–Trinajstić information content (AvgIpc) is 2.60. The molecule has 82 valence electrons. The molecule has 8 heteroatoms. The van der Waals surface area contributed by atoms with Crippen molar-refractivity contribution in [2.75, 3.05) is 6.61 Å². The largest absolute Gasteiger partial charge is 0.480 e. The zero-order chi connectivity index (χ0) is 11.4. The Morgan fingerprint density at radius 3 is 2.73 bits per heavy atom. The number of thiazole rings is 1. The van der Waals surface area contributed by atoms with E-state index in [4.69, 9.17) is 10.2 Å². The smallest absolute Gasteiger partial charge is 0.328 e. The van der Waals surface area contributed by atoms with Gasteiger partial charge in [0.2, 0.25) is 0 Å². The van der Waals surface area contributed by atoms with Crippen LogP contribution >= 0.6 is 27.3 Å². The van der Waals surface area contributed by atoms with Crippen LogP contribution in [0.2, 0.25) is 0 Å². The molecule has 0 aliphatic carbocycles. The second-order valence-electron chi connectivity index (χ2n) is 2.53. The Balaban J connectivity index is 2.66. The van der Waals surface area contributed by atoms with Crippen molar-refractivity contribution in [1.29, 1.82) is 0 Å². The molecule has 0 aliphatic heterocycles. The fourth-order valence-corrected chi connectivity index (χ4v) is 1.76. The number of carboxylic acids is 1. The lowest BCUT2D eigenvalue weighted by Crippen LogP contribution is -2.43. The number of nitrogens with one attached hydrogen (secondary N) is 1. The van der Waals surface area contributed by atoms with Gasteiger partial charge < -0.3 is 15.5 Å². The van der Waals surface area contributed by atoms with Gasteiger partial charge in [-0.05, 0) is 15.9 Å². The molecule has 1 aromatic rings. The first-order chi connectivity index (χ1) is 7.04. The van der Waals surface area contributed by atoms with Crippen LogP contribution in [0.3, 0.4) is 0 Å². The summed E-state index contributed by atoms with van der Waals surface area (Å²) in [6.07, 6.45) is 0. The summed E-state index contributed by atoms with van der Waals surface area (Å²) in [5, 5.41) is 20.9. The maximum atomic E-state index is 11.4. The van der Waals surface area contributed by atoms with Crippen molar-refractivity contribution in [2.45, 2.75) is 6.04 Å². The van der Waals surface area contributed by atoms with E-state index in [0.717, 1.165) is 0 Å². The van der Waals surface area contributed by atoms with Crippen molar-refractivity contribution < 1.29 is 19.8 Å². The van der Waals surface area contributed by atoms with Gasteiger partial charge >= 0.3 is 5.97 Å². The Morgan fingerprint density at radius 2 is 2.33 bits per heavy atom. The van der Waals surface area contributed by atoms with Crippen molar-refractivity contribution in [3.8, 4) is 0 Å². The van der Waals surface area contributed by atoms with Crippen molar-refractivity contribution in [3.63, 3.8) is 0 Å². The van der Waals surface area contributed by atoms with E-state index < -0.39 is 24.5 Å². The number of aliphatic hydroxyl groups excluding tert-OH is 1. The molecule has 1 aromatic heterocycles. The number of carbonyl (C=O) groups is 2. The topological polar surface area (TPSA) is 99.5 Å². The molecular weight excluding hydrogens is 288 g/mol. The van der Waals surface area contributed by atoms with Crippen LogP contribution in [0.1, 0.15) is 10.5 Å². The summed E-state index contributed by atoms with van der Waals surface area (Å²) in [4.78, 5) is 25.7. The quantitative estimate of drug-likeness (QED) is 0.730. The summed E-state index contributed by atoms with van der Waals surface area (Å²) in [6.45, 7) is -0.660. The second-order valence-corrected chi connectivity index (χ2v) is 4.67. The highest BCUT2D eigenvalue weighted by atomic mass is 79.9. The molecule has 0 saturated heterocycles. The van der Waals surface area contributed by atoms with Crippen molar-refractivity contribution in [2.24, 2.45) is 0 Å². The number of hydrogen-bond acceptors (Lipinski definition) is 5. The zero-order valence-corrected chi connectivity index (χ0v) is 9.71. The molecule has 0 radical (unpaired) electrons. The first-order valence-electron chi connectivity index (χ1n) is 3.80. The van der Waals surface area contributed by atoms with E-state index in [-0.39, 0.29) is 5.69 Å². The third-order valence-electron chi connectivity index (χ3n) is 1.49. The molecule has 1 amide bonds. The predicted molar refractivity (Wildman–Crippen MR) is 55.8 cm³/mol. The van der Waals surface area contributed by atoms with Gasteiger partial charge in [-0.15, -0.1) is 11.3 Å². The molecular formula is C7H7BrN2O4S. The molecule has 0 spiro atoms. The number of rotatable bonds is 4. The first kappa shape index (κ1) is 12.1. The SMILES string of the molecule is O=C(N[C@@H](CO)C(=O)O)c1csc(Br)n1.